The second kappa shape index (κ2) is 4.06. The molecule has 0 aliphatic heterocycles. The van der Waals surface area contributed by atoms with Gasteiger partial charge in [0, 0.05) is 12.6 Å². The van der Waals surface area contributed by atoms with Crippen molar-refractivity contribution in [1.82, 2.24) is 9.78 Å². The van der Waals surface area contributed by atoms with Gasteiger partial charge in [-0.25, -0.2) is 0 Å². The topological polar surface area (TPSA) is 34.9 Å². The highest BCUT2D eigenvalue weighted by molar-refractivity contribution is 6.31. The van der Waals surface area contributed by atoms with Crippen molar-refractivity contribution in [1.29, 1.82) is 0 Å². The van der Waals surface area contributed by atoms with Gasteiger partial charge in [0.1, 0.15) is 11.4 Å². The highest BCUT2D eigenvalue weighted by Gasteiger charge is 2.37. The first-order valence-electron chi connectivity index (χ1n) is 3.79. The standard InChI is InChI=1S/C8H6ClF3N2O/c1-14-7(9)5(3-2-4-15)6(13-14)8(10,11)12/h2-4H,1H3. The number of alkyl halides is 3. The number of hydrogen-bond acceptors (Lipinski definition) is 2. The fraction of sp³-hybridized carbons (Fsp3) is 0.250. The van der Waals surface area contributed by atoms with Gasteiger partial charge < -0.3 is 0 Å². The van der Waals surface area contributed by atoms with Gasteiger partial charge in [-0.15, -0.1) is 0 Å². The number of aromatic nitrogens is 2. The van der Waals surface area contributed by atoms with Crippen LogP contribution in [0.5, 0.6) is 0 Å². The van der Waals surface area contributed by atoms with Gasteiger partial charge in [0.15, 0.2) is 5.69 Å². The van der Waals surface area contributed by atoms with Gasteiger partial charge in [-0.3, -0.25) is 9.48 Å². The van der Waals surface area contributed by atoms with Gasteiger partial charge in [-0.05, 0) is 12.2 Å². The SMILES string of the molecule is Cn1nc(C(F)(F)F)c(C=CC=O)c1Cl. The molecule has 0 saturated heterocycles. The van der Waals surface area contributed by atoms with Crippen LogP contribution in [0.3, 0.4) is 0 Å². The maximum absolute atomic E-state index is 12.4. The minimum absolute atomic E-state index is 0.166. The molecule has 0 bridgehead atoms. The molecule has 0 unspecified atom stereocenters. The van der Waals surface area contributed by atoms with E-state index in [1.165, 1.54) is 7.05 Å². The molecular formula is C8H6ClF3N2O. The lowest BCUT2D eigenvalue weighted by Gasteiger charge is -2.02. The Labute approximate surface area is 88.1 Å². The molecule has 1 rings (SSSR count). The minimum atomic E-state index is -4.59. The zero-order valence-corrected chi connectivity index (χ0v) is 8.30. The van der Waals surface area contributed by atoms with Gasteiger partial charge in [-0.1, -0.05) is 11.6 Å². The van der Waals surface area contributed by atoms with Crippen LogP contribution in [-0.4, -0.2) is 16.1 Å². The highest BCUT2D eigenvalue weighted by Crippen LogP contribution is 2.34. The van der Waals surface area contributed by atoms with Crippen molar-refractivity contribution in [2.24, 2.45) is 7.05 Å². The Bertz CT molecular complexity index is 409. The van der Waals surface area contributed by atoms with Crippen molar-refractivity contribution in [2.45, 2.75) is 6.18 Å². The summed E-state index contributed by atoms with van der Waals surface area (Å²) in [5.41, 5.74) is -1.41. The molecule has 0 N–H and O–H groups in total. The predicted octanol–water partition coefficient (Wildman–Crippen LogP) is 2.30. The summed E-state index contributed by atoms with van der Waals surface area (Å²) < 4.78 is 38.1. The summed E-state index contributed by atoms with van der Waals surface area (Å²) in [5, 5.41) is 3.06. The third kappa shape index (κ3) is 2.38. The molecule has 82 valence electrons. The Balaban J connectivity index is 3.33. The maximum atomic E-state index is 12.4. The first kappa shape index (κ1) is 11.8. The molecule has 15 heavy (non-hydrogen) atoms. The first-order valence-corrected chi connectivity index (χ1v) is 4.17. The van der Waals surface area contributed by atoms with Crippen molar-refractivity contribution < 1.29 is 18.0 Å². The normalized spacial score (nSPS) is 12.3. The molecule has 0 radical (unpaired) electrons. The van der Waals surface area contributed by atoms with E-state index >= 15 is 0 Å². The fourth-order valence-electron chi connectivity index (χ4n) is 1.01. The maximum Gasteiger partial charge on any atom is 0.435 e. The number of rotatable bonds is 2. The highest BCUT2D eigenvalue weighted by atomic mass is 35.5. The number of aryl methyl sites for hydroxylation is 1. The van der Waals surface area contributed by atoms with E-state index in [0.29, 0.717) is 6.29 Å². The van der Waals surface area contributed by atoms with Crippen LogP contribution in [0.4, 0.5) is 13.2 Å². The van der Waals surface area contributed by atoms with E-state index in [0.717, 1.165) is 16.8 Å². The van der Waals surface area contributed by atoms with E-state index in [9.17, 15) is 18.0 Å². The summed E-state index contributed by atoms with van der Waals surface area (Å²) in [6.45, 7) is 0. The number of halogens is 4. The van der Waals surface area contributed by atoms with Crippen LogP contribution < -0.4 is 0 Å². The van der Waals surface area contributed by atoms with Crippen LogP contribution in [-0.2, 0) is 18.0 Å². The molecule has 0 aromatic carbocycles. The average Bonchev–Trinajstić information content (AvgIpc) is 2.40. The second-order valence-corrected chi connectivity index (χ2v) is 3.03. The molecule has 1 aromatic heterocycles. The first-order chi connectivity index (χ1) is 6.88. The number of allylic oxidation sites excluding steroid dienone is 1. The van der Waals surface area contributed by atoms with Gasteiger partial charge >= 0.3 is 6.18 Å². The second-order valence-electron chi connectivity index (χ2n) is 2.67. The van der Waals surface area contributed by atoms with Crippen molar-refractivity contribution in [2.75, 3.05) is 0 Å². The number of carbonyl (C=O) groups excluding carboxylic acids is 1. The molecule has 3 nitrogen and oxygen atoms in total. The predicted molar refractivity (Wildman–Crippen MR) is 48.3 cm³/mol. The Morgan fingerprint density at radius 1 is 1.47 bits per heavy atom. The van der Waals surface area contributed by atoms with Crippen molar-refractivity contribution in [3.05, 3.63) is 22.5 Å². The molecule has 7 heteroatoms. The van der Waals surface area contributed by atoms with Gasteiger partial charge in [0.05, 0.1) is 0 Å². The smallest absolute Gasteiger partial charge is 0.299 e. The summed E-state index contributed by atoms with van der Waals surface area (Å²) in [4.78, 5) is 10.0. The monoisotopic (exact) mass is 238 g/mol. The summed E-state index contributed by atoms with van der Waals surface area (Å²) >= 11 is 5.59. The molecule has 0 saturated carbocycles. The van der Waals surface area contributed by atoms with Crippen LogP contribution in [0.25, 0.3) is 6.08 Å². The van der Waals surface area contributed by atoms with Crippen molar-refractivity contribution in [3.8, 4) is 0 Å². The fourth-order valence-corrected chi connectivity index (χ4v) is 1.20. The summed E-state index contributed by atoms with van der Waals surface area (Å²) in [6, 6.07) is 0. The zero-order valence-electron chi connectivity index (χ0n) is 7.55. The van der Waals surface area contributed by atoms with E-state index in [2.05, 4.69) is 5.10 Å². The Morgan fingerprint density at radius 3 is 2.53 bits per heavy atom. The number of carbonyl (C=O) groups is 1. The molecule has 1 heterocycles. The molecule has 1 aromatic rings. The lowest BCUT2D eigenvalue weighted by molar-refractivity contribution is -0.141. The zero-order chi connectivity index (χ0) is 11.6. The number of nitrogens with zero attached hydrogens (tertiary/aromatic N) is 2. The Hall–Kier alpha value is -1.30. The van der Waals surface area contributed by atoms with Gasteiger partial charge in [0.2, 0.25) is 0 Å². The summed E-state index contributed by atoms with van der Waals surface area (Å²) in [5.74, 6) is 0. The Morgan fingerprint density at radius 2 is 2.07 bits per heavy atom. The number of aldehydes is 1. The van der Waals surface area contributed by atoms with E-state index in [4.69, 9.17) is 11.6 Å². The van der Waals surface area contributed by atoms with E-state index < -0.39 is 11.9 Å². The molecule has 0 amide bonds. The lowest BCUT2D eigenvalue weighted by Crippen LogP contribution is -2.08. The minimum Gasteiger partial charge on any atom is -0.299 e. The molecule has 0 spiro atoms. The average molecular weight is 239 g/mol. The summed E-state index contributed by atoms with van der Waals surface area (Å²) in [6.07, 6.45) is -2.32. The molecular weight excluding hydrogens is 233 g/mol. The molecule has 0 aliphatic rings. The molecule has 0 aliphatic carbocycles. The number of hydrogen-bond donors (Lipinski definition) is 0. The van der Waals surface area contributed by atoms with Crippen LogP contribution in [0.2, 0.25) is 5.15 Å². The molecule has 0 fully saturated rings. The lowest BCUT2D eigenvalue weighted by atomic mass is 10.2. The van der Waals surface area contributed by atoms with Crippen LogP contribution in [0.1, 0.15) is 11.3 Å². The molecule has 0 atom stereocenters. The van der Waals surface area contributed by atoms with Gasteiger partial charge in [0.25, 0.3) is 0 Å². The Kier molecular flexibility index (Phi) is 3.18. The van der Waals surface area contributed by atoms with Crippen LogP contribution in [0.15, 0.2) is 6.08 Å². The van der Waals surface area contributed by atoms with E-state index in [-0.39, 0.29) is 10.7 Å². The summed E-state index contributed by atoms with van der Waals surface area (Å²) in [7, 11) is 1.29. The van der Waals surface area contributed by atoms with Gasteiger partial charge in [-0.2, -0.15) is 18.3 Å². The van der Waals surface area contributed by atoms with Crippen molar-refractivity contribution in [3.63, 3.8) is 0 Å². The largest absolute Gasteiger partial charge is 0.435 e. The van der Waals surface area contributed by atoms with Crippen molar-refractivity contribution >= 4 is 24.0 Å². The van der Waals surface area contributed by atoms with E-state index in [1.54, 1.807) is 0 Å². The van der Waals surface area contributed by atoms with Crippen LogP contribution >= 0.6 is 11.6 Å². The third-order valence-corrected chi connectivity index (χ3v) is 2.07. The quantitative estimate of drug-likeness (QED) is 0.585. The van der Waals surface area contributed by atoms with Crippen LogP contribution in [0, 0.1) is 0 Å². The third-order valence-electron chi connectivity index (χ3n) is 1.62. The van der Waals surface area contributed by atoms with E-state index in [1.807, 2.05) is 0 Å².